The largest absolute Gasteiger partial charge is 0.508 e. The van der Waals surface area contributed by atoms with Crippen molar-refractivity contribution in [2.45, 2.75) is 19.4 Å². The van der Waals surface area contributed by atoms with Gasteiger partial charge in [-0.05, 0) is 24.6 Å². The SMILES string of the molecule is C=C(C)C(=O)OCC(O)COC(=O)C(=O)Cc1ccc(O)cc1. The van der Waals surface area contributed by atoms with Gasteiger partial charge in [-0.25, -0.2) is 9.59 Å². The van der Waals surface area contributed by atoms with Crippen molar-refractivity contribution in [1.29, 1.82) is 0 Å². The normalized spacial score (nSPS) is 11.4. The first-order valence-corrected chi connectivity index (χ1v) is 6.78. The minimum absolute atomic E-state index is 0.0520. The zero-order valence-corrected chi connectivity index (χ0v) is 12.7. The molecule has 0 heterocycles. The van der Waals surface area contributed by atoms with Crippen molar-refractivity contribution in [3.05, 3.63) is 42.0 Å². The van der Waals surface area contributed by atoms with Gasteiger partial charge in [-0.2, -0.15) is 0 Å². The number of aliphatic hydroxyl groups excluding tert-OH is 1. The zero-order valence-electron chi connectivity index (χ0n) is 12.7. The highest BCUT2D eigenvalue weighted by Crippen LogP contribution is 2.10. The van der Waals surface area contributed by atoms with Crippen molar-refractivity contribution in [2.24, 2.45) is 0 Å². The Bertz CT molecular complexity index is 589. The van der Waals surface area contributed by atoms with Crippen molar-refractivity contribution in [3.63, 3.8) is 0 Å². The molecule has 1 atom stereocenters. The smallest absolute Gasteiger partial charge is 0.375 e. The molecule has 1 aromatic rings. The summed E-state index contributed by atoms with van der Waals surface area (Å²) < 4.78 is 9.33. The summed E-state index contributed by atoms with van der Waals surface area (Å²) >= 11 is 0. The number of hydrogen-bond acceptors (Lipinski definition) is 7. The monoisotopic (exact) mass is 322 g/mol. The van der Waals surface area contributed by atoms with Gasteiger partial charge in [-0.1, -0.05) is 18.7 Å². The molecule has 1 aromatic carbocycles. The van der Waals surface area contributed by atoms with Crippen LogP contribution in [0.3, 0.4) is 0 Å². The van der Waals surface area contributed by atoms with Gasteiger partial charge in [0.1, 0.15) is 25.1 Å². The third-order valence-electron chi connectivity index (χ3n) is 2.69. The predicted octanol–water partition coefficient (Wildman–Crippen LogP) is 0.527. The van der Waals surface area contributed by atoms with Crippen molar-refractivity contribution in [3.8, 4) is 5.75 Å². The van der Waals surface area contributed by atoms with E-state index in [9.17, 15) is 19.5 Å². The molecule has 0 fully saturated rings. The first kappa shape index (κ1) is 18.4. The van der Waals surface area contributed by atoms with Crippen LogP contribution in [0.1, 0.15) is 12.5 Å². The van der Waals surface area contributed by atoms with Crippen LogP contribution in [0.5, 0.6) is 5.75 Å². The average Bonchev–Trinajstić information content (AvgIpc) is 2.52. The van der Waals surface area contributed by atoms with Gasteiger partial charge >= 0.3 is 11.9 Å². The van der Waals surface area contributed by atoms with Gasteiger partial charge in [0, 0.05) is 12.0 Å². The molecule has 0 saturated carbocycles. The van der Waals surface area contributed by atoms with Crippen LogP contribution in [0.4, 0.5) is 0 Å². The van der Waals surface area contributed by atoms with E-state index in [2.05, 4.69) is 16.1 Å². The summed E-state index contributed by atoms with van der Waals surface area (Å²) in [5, 5.41) is 18.6. The van der Waals surface area contributed by atoms with Crippen molar-refractivity contribution >= 4 is 17.7 Å². The van der Waals surface area contributed by atoms with Gasteiger partial charge in [-0.3, -0.25) is 4.79 Å². The molecule has 0 aliphatic rings. The van der Waals surface area contributed by atoms with Gasteiger partial charge < -0.3 is 19.7 Å². The quantitative estimate of drug-likeness (QED) is 0.408. The highest BCUT2D eigenvalue weighted by atomic mass is 16.6. The molecule has 0 aliphatic heterocycles. The summed E-state index contributed by atoms with van der Waals surface area (Å²) in [4.78, 5) is 34.3. The number of carbonyl (C=O) groups excluding carboxylic acids is 3. The zero-order chi connectivity index (χ0) is 17.4. The van der Waals surface area contributed by atoms with E-state index in [1.807, 2.05) is 0 Å². The number of ketones is 1. The molecule has 0 saturated heterocycles. The Balaban J connectivity index is 2.34. The number of aliphatic hydroxyl groups is 1. The summed E-state index contributed by atoms with van der Waals surface area (Å²) in [6, 6.07) is 5.81. The Labute approximate surface area is 133 Å². The minimum atomic E-state index is -1.23. The van der Waals surface area contributed by atoms with Crippen molar-refractivity contribution in [2.75, 3.05) is 13.2 Å². The molecule has 0 aliphatic carbocycles. The fourth-order valence-electron chi connectivity index (χ4n) is 1.47. The number of benzene rings is 1. The van der Waals surface area contributed by atoms with E-state index in [1.165, 1.54) is 31.2 Å². The van der Waals surface area contributed by atoms with Crippen molar-refractivity contribution < 1.29 is 34.1 Å². The Morgan fingerprint density at radius 2 is 1.61 bits per heavy atom. The van der Waals surface area contributed by atoms with E-state index in [1.54, 1.807) is 0 Å². The molecule has 2 N–H and O–H groups in total. The average molecular weight is 322 g/mol. The predicted molar refractivity (Wildman–Crippen MR) is 79.6 cm³/mol. The third-order valence-corrected chi connectivity index (χ3v) is 2.69. The molecule has 0 amide bonds. The number of phenolic OH excluding ortho intramolecular Hbond substituents is 1. The van der Waals surface area contributed by atoms with E-state index in [4.69, 9.17) is 5.11 Å². The Morgan fingerprint density at radius 3 is 2.13 bits per heavy atom. The standard InChI is InChI=1S/C16H18O7/c1-10(2)15(20)22-8-13(18)9-23-16(21)14(19)7-11-3-5-12(17)6-4-11/h3-6,13,17-18H,1,7-9H2,2H3. The molecule has 1 rings (SSSR count). The number of esters is 2. The summed E-state index contributed by atoms with van der Waals surface area (Å²) in [7, 11) is 0. The highest BCUT2D eigenvalue weighted by Gasteiger charge is 2.18. The number of phenols is 1. The fourth-order valence-corrected chi connectivity index (χ4v) is 1.47. The molecular formula is C16H18O7. The van der Waals surface area contributed by atoms with Crippen LogP contribution < -0.4 is 0 Å². The van der Waals surface area contributed by atoms with Gasteiger partial charge in [0.25, 0.3) is 0 Å². The molecule has 7 heteroatoms. The number of ether oxygens (including phenoxy) is 2. The van der Waals surface area contributed by atoms with Crippen LogP contribution in [0.25, 0.3) is 0 Å². The number of aromatic hydroxyl groups is 1. The molecule has 0 aromatic heterocycles. The lowest BCUT2D eigenvalue weighted by molar-refractivity contribution is -0.157. The number of rotatable bonds is 8. The molecule has 0 radical (unpaired) electrons. The summed E-state index contributed by atoms with van der Waals surface area (Å²) in [6.45, 7) is 3.99. The van der Waals surface area contributed by atoms with Crippen LogP contribution in [-0.4, -0.2) is 47.3 Å². The Kier molecular flexibility index (Phi) is 6.95. The molecule has 23 heavy (non-hydrogen) atoms. The van der Waals surface area contributed by atoms with Gasteiger partial charge in [0.05, 0.1) is 0 Å². The molecular weight excluding hydrogens is 304 g/mol. The maximum Gasteiger partial charge on any atom is 0.375 e. The number of Topliss-reactive ketones (excluding diaryl/α,β-unsaturated/α-hetero) is 1. The van der Waals surface area contributed by atoms with Crippen LogP contribution in [0.2, 0.25) is 0 Å². The Morgan fingerprint density at radius 1 is 1.09 bits per heavy atom. The van der Waals surface area contributed by atoms with Crippen LogP contribution in [0.15, 0.2) is 36.4 Å². The Hall–Kier alpha value is -2.67. The van der Waals surface area contributed by atoms with Gasteiger partial charge in [-0.15, -0.1) is 0 Å². The van der Waals surface area contributed by atoms with Crippen molar-refractivity contribution in [1.82, 2.24) is 0 Å². The van der Waals surface area contributed by atoms with Crippen LogP contribution in [-0.2, 0) is 30.3 Å². The van der Waals surface area contributed by atoms with Gasteiger partial charge in [0.2, 0.25) is 5.78 Å². The van der Waals surface area contributed by atoms with E-state index in [0.29, 0.717) is 5.56 Å². The van der Waals surface area contributed by atoms with Crippen LogP contribution >= 0.6 is 0 Å². The first-order chi connectivity index (χ1) is 10.8. The first-order valence-electron chi connectivity index (χ1n) is 6.78. The second-order valence-electron chi connectivity index (χ2n) is 4.90. The van der Waals surface area contributed by atoms with Gasteiger partial charge in [0.15, 0.2) is 0 Å². The lowest BCUT2D eigenvalue weighted by Crippen LogP contribution is -2.28. The highest BCUT2D eigenvalue weighted by molar-refractivity contribution is 6.34. The maximum atomic E-state index is 11.6. The number of hydrogen-bond donors (Lipinski definition) is 2. The van der Waals surface area contributed by atoms with E-state index in [-0.39, 0.29) is 24.4 Å². The molecule has 0 bridgehead atoms. The molecule has 1 unspecified atom stereocenters. The molecule has 7 nitrogen and oxygen atoms in total. The summed E-state index contributed by atoms with van der Waals surface area (Å²) in [5.41, 5.74) is 0.721. The lowest BCUT2D eigenvalue weighted by Gasteiger charge is -2.11. The third kappa shape index (κ3) is 6.75. The van der Waals surface area contributed by atoms with E-state index in [0.717, 1.165) is 0 Å². The second kappa shape index (κ2) is 8.70. The van der Waals surface area contributed by atoms with Crippen LogP contribution in [0, 0.1) is 0 Å². The topological polar surface area (TPSA) is 110 Å². The molecule has 0 spiro atoms. The summed E-state index contributed by atoms with van der Waals surface area (Å²) in [5.74, 6) is -2.50. The van der Waals surface area contributed by atoms with E-state index < -0.39 is 30.4 Å². The fraction of sp³-hybridized carbons (Fsp3) is 0.312. The summed E-state index contributed by atoms with van der Waals surface area (Å²) in [6.07, 6.45) is -1.41. The minimum Gasteiger partial charge on any atom is -0.508 e. The lowest BCUT2D eigenvalue weighted by atomic mass is 10.1. The maximum absolute atomic E-state index is 11.6. The number of carbonyl (C=O) groups is 3. The van der Waals surface area contributed by atoms with E-state index >= 15 is 0 Å². The second-order valence-corrected chi connectivity index (χ2v) is 4.90. The molecule has 124 valence electrons.